The number of pyridine rings is 1. The summed E-state index contributed by atoms with van der Waals surface area (Å²) in [5.41, 5.74) is 3.22. The van der Waals surface area contributed by atoms with Gasteiger partial charge in [-0.3, -0.25) is 14.3 Å². The number of hydrogen-bond acceptors (Lipinski definition) is 4. The molecular weight excluding hydrogens is 474 g/mol. The summed E-state index contributed by atoms with van der Waals surface area (Å²) in [5.74, 6) is -0.595. The summed E-state index contributed by atoms with van der Waals surface area (Å²) in [4.78, 5) is 31.5. The van der Waals surface area contributed by atoms with Gasteiger partial charge in [0.1, 0.15) is 0 Å². The molecule has 2 heterocycles. The van der Waals surface area contributed by atoms with Crippen molar-refractivity contribution in [1.29, 1.82) is 0 Å². The molecule has 2 aromatic carbocycles. The number of rotatable bonds is 6. The van der Waals surface area contributed by atoms with E-state index in [0.29, 0.717) is 34.0 Å². The minimum absolute atomic E-state index is 0.144. The van der Waals surface area contributed by atoms with E-state index < -0.39 is 0 Å². The molecule has 5 rings (SSSR count). The predicted octanol–water partition coefficient (Wildman–Crippen LogP) is 6.09. The molecule has 0 radical (unpaired) electrons. The van der Waals surface area contributed by atoms with Crippen molar-refractivity contribution in [1.82, 2.24) is 20.1 Å². The van der Waals surface area contributed by atoms with Crippen LogP contribution in [0.25, 0.3) is 22.2 Å². The number of carbonyl (C=O) groups is 2. The van der Waals surface area contributed by atoms with E-state index in [1.54, 1.807) is 23.0 Å². The van der Waals surface area contributed by atoms with Crippen molar-refractivity contribution in [3.63, 3.8) is 0 Å². The molecule has 0 bridgehead atoms. The quantitative estimate of drug-likeness (QED) is 0.335. The average molecular weight is 502 g/mol. The Morgan fingerprint density at radius 3 is 2.61 bits per heavy atom. The Kier molecular flexibility index (Phi) is 7.00. The largest absolute Gasteiger partial charge is 0.348 e. The summed E-state index contributed by atoms with van der Waals surface area (Å²) in [7, 11) is 0. The van der Waals surface area contributed by atoms with Gasteiger partial charge < -0.3 is 10.6 Å². The highest BCUT2D eigenvalue weighted by molar-refractivity contribution is 6.30. The number of aromatic nitrogens is 3. The number of nitrogens with zero attached hydrogens (tertiary/aromatic N) is 3. The number of carbonyl (C=O) groups excluding carboxylic acids is 2. The number of para-hydroxylation sites is 1. The number of halogens is 1. The molecule has 1 saturated carbocycles. The lowest BCUT2D eigenvalue weighted by Gasteiger charge is -2.22. The van der Waals surface area contributed by atoms with Crippen LogP contribution in [0, 0.1) is 0 Å². The van der Waals surface area contributed by atoms with Gasteiger partial charge in [0.25, 0.3) is 11.8 Å². The number of aryl methyl sites for hydroxylation is 1. The van der Waals surface area contributed by atoms with Crippen LogP contribution in [-0.4, -0.2) is 32.6 Å². The average Bonchev–Trinajstić information content (AvgIpc) is 3.31. The minimum atomic E-state index is -0.334. The first-order valence-electron chi connectivity index (χ1n) is 12.4. The molecule has 0 unspecified atom stereocenters. The van der Waals surface area contributed by atoms with E-state index in [-0.39, 0.29) is 23.6 Å². The third kappa shape index (κ3) is 5.11. The SMILES string of the molecule is CCn1cc(NC(=O)c2cc(-c3cccc(Cl)c3)nc3ccccc23)c(C(=O)NC2CCCCC2)n1. The maximum Gasteiger partial charge on any atom is 0.274 e. The molecule has 0 atom stereocenters. The predicted molar refractivity (Wildman–Crippen MR) is 142 cm³/mol. The van der Waals surface area contributed by atoms with Crippen molar-refractivity contribution >= 4 is 40.0 Å². The molecule has 2 aromatic heterocycles. The fraction of sp³-hybridized carbons (Fsp3) is 0.286. The lowest BCUT2D eigenvalue weighted by Crippen LogP contribution is -2.36. The third-order valence-corrected chi connectivity index (χ3v) is 6.81. The highest BCUT2D eigenvalue weighted by atomic mass is 35.5. The van der Waals surface area contributed by atoms with Crippen LogP contribution in [-0.2, 0) is 6.54 Å². The smallest absolute Gasteiger partial charge is 0.274 e. The minimum Gasteiger partial charge on any atom is -0.348 e. The van der Waals surface area contributed by atoms with Crippen molar-refractivity contribution in [3.05, 3.63) is 77.1 Å². The van der Waals surface area contributed by atoms with Gasteiger partial charge in [-0.25, -0.2) is 4.98 Å². The number of amides is 2. The highest BCUT2D eigenvalue weighted by Crippen LogP contribution is 2.28. The summed E-state index contributed by atoms with van der Waals surface area (Å²) in [5, 5.41) is 11.8. The van der Waals surface area contributed by atoms with Gasteiger partial charge in [-0.1, -0.05) is 61.2 Å². The van der Waals surface area contributed by atoms with Crippen molar-refractivity contribution in [2.24, 2.45) is 0 Å². The van der Waals surface area contributed by atoms with Gasteiger partial charge >= 0.3 is 0 Å². The van der Waals surface area contributed by atoms with Crippen LogP contribution in [0.5, 0.6) is 0 Å². The second-order valence-corrected chi connectivity index (χ2v) is 9.53. The molecule has 2 amide bonds. The Morgan fingerprint density at radius 2 is 1.83 bits per heavy atom. The standard InChI is InChI=1S/C28H28ClN5O2/c1-2-34-17-25(26(33-34)28(36)30-20-11-4-3-5-12-20)32-27(35)22-16-24(18-9-8-10-19(29)15-18)31-23-14-7-6-13-21(22)23/h6-10,13-17,20H,2-5,11-12H2,1H3,(H,30,36)(H,32,35). The number of fused-ring (bicyclic) bond motifs is 1. The van der Waals surface area contributed by atoms with Crippen LogP contribution in [0.3, 0.4) is 0 Å². The molecule has 4 aromatic rings. The summed E-state index contributed by atoms with van der Waals surface area (Å²) in [6.45, 7) is 2.52. The fourth-order valence-electron chi connectivity index (χ4n) is 4.69. The van der Waals surface area contributed by atoms with Gasteiger partial charge in [0.15, 0.2) is 5.69 Å². The van der Waals surface area contributed by atoms with Crippen LogP contribution in [0.4, 0.5) is 5.69 Å². The zero-order chi connectivity index (χ0) is 25.1. The van der Waals surface area contributed by atoms with Crippen LogP contribution in [0.1, 0.15) is 59.9 Å². The highest BCUT2D eigenvalue weighted by Gasteiger charge is 2.23. The van der Waals surface area contributed by atoms with Crippen molar-refractivity contribution in [2.75, 3.05) is 5.32 Å². The molecule has 8 heteroatoms. The summed E-state index contributed by atoms with van der Waals surface area (Å²) < 4.78 is 1.66. The Balaban J connectivity index is 1.48. The summed E-state index contributed by atoms with van der Waals surface area (Å²) in [6, 6.07) is 16.8. The number of hydrogen-bond donors (Lipinski definition) is 2. The zero-order valence-corrected chi connectivity index (χ0v) is 20.9. The molecule has 0 spiro atoms. The van der Waals surface area contributed by atoms with Crippen molar-refractivity contribution in [2.45, 2.75) is 51.6 Å². The van der Waals surface area contributed by atoms with Crippen LogP contribution in [0.2, 0.25) is 5.02 Å². The topological polar surface area (TPSA) is 88.9 Å². The monoisotopic (exact) mass is 501 g/mol. The summed E-state index contributed by atoms with van der Waals surface area (Å²) >= 11 is 6.20. The van der Waals surface area contributed by atoms with Crippen LogP contribution in [0.15, 0.2) is 60.8 Å². The van der Waals surface area contributed by atoms with Crippen molar-refractivity contribution in [3.8, 4) is 11.3 Å². The first-order chi connectivity index (χ1) is 17.5. The zero-order valence-electron chi connectivity index (χ0n) is 20.1. The second kappa shape index (κ2) is 10.5. The molecule has 0 saturated heterocycles. The van der Waals surface area contributed by atoms with Gasteiger partial charge in [0.05, 0.1) is 22.5 Å². The van der Waals surface area contributed by atoms with Crippen LogP contribution < -0.4 is 10.6 Å². The maximum atomic E-state index is 13.6. The van der Waals surface area contributed by atoms with Gasteiger partial charge in [-0.05, 0) is 44.0 Å². The first-order valence-corrected chi connectivity index (χ1v) is 12.7. The lowest BCUT2D eigenvalue weighted by atomic mass is 9.95. The van der Waals surface area contributed by atoms with E-state index in [9.17, 15) is 9.59 Å². The third-order valence-electron chi connectivity index (χ3n) is 6.57. The lowest BCUT2D eigenvalue weighted by molar-refractivity contribution is 0.0922. The van der Waals surface area contributed by atoms with Crippen LogP contribution >= 0.6 is 11.6 Å². The van der Waals surface area contributed by atoms with Gasteiger partial charge in [0, 0.05) is 34.8 Å². The van der Waals surface area contributed by atoms with Gasteiger partial charge in [0.2, 0.25) is 0 Å². The van der Waals surface area contributed by atoms with Gasteiger partial charge in [-0.2, -0.15) is 5.10 Å². The first kappa shape index (κ1) is 24.0. The molecule has 36 heavy (non-hydrogen) atoms. The fourth-order valence-corrected chi connectivity index (χ4v) is 4.88. The second-order valence-electron chi connectivity index (χ2n) is 9.09. The maximum absolute atomic E-state index is 13.6. The Labute approximate surface area is 214 Å². The van der Waals surface area contributed by atoms with E-state index in [4.69, 9.17) is 16.6 Å². The molecule has 184 valence electrons. The normalized spacial score (nSPS) is 14.1. The Morgan fingerprint density at radius 1 is 1.03 bits per heavy atom. The number of nitrogens with one attached hydrogen (secondary N) is 2. The van der Waals surface area contributed by atoms with Gasteiger partial charge in [-0.15, -0.1) is 0 Å². The van der Waals surface area contributed by atoms with E-state index in [1.165, 1.54) is 6.42 Å². The molecule has 1 aliphatic rings. The molecule has 7 nitrogen and oxygen atoms in total. The Hall–Kier alpha value is -3.71. The Bertz CT molecular complexity index is 1420. The number of benzene rings is 2. The molecule has 0 aliphatic heterocycles. The molecular formula is C28H28ClN5O2. The van der Waals surface area contributed by atoms with Crippen molar-refractivity contribution < 1.29 is 9.59 Å². The van der Waals surface area contributed by atoms with E-state index in [0.717, 1.165) is 36.6 Å². The molecule has 2 N–H and O–H groups in total. The molecule has 1 fully saturated rings. The summed E-state index contributed by atoms with van der Waals surface area (Å²) in [6.07, 6.45) is 7.07. The van der Waals surface area contributed by atoms with E-state index in [1.807, 2.05) is 49.4 Å². The van der Waals surface area contributed by atoms with E-state index >= 15 is 0 Å². The number of anilines is 1. The van der Waals surface area contributed by atoms with E-state index in [2.05, 4.69) is 15.7 Å². The molecule has 1 aliphatic carbocycles.